The van der Waals surface area contributed by atoms with Crippen molar-refractivity contribution in [3.05, 3.63) is 82.5 Å². The van der Waals surface area contributed by atoms with Crippen LogP contribution in [-0.2, 0) is 6.54 Å². The molecule has 0 saturated carbocycles. The van der Waals surface area contributed by atoms with Crippen LogP contribution >= 0.6 is 0 Å². The molecule has 0 aliphatic heterocycles. The second kappa shape index (κ2) is 5.32. The molecule has 0 fully saturated rings. The Morgan fingerprint density at radius 1 is 0.913 bits per heavy atom. The van der Waals surface area contributed by atoms with Gasteiger partial charge < -0.3 is 4.57 Å². The van der Waals surface area contributed by atoms with Crippen LogP contribution in [0, 0.1) is 6.92 Å². The summed E-state index contributed by atoms with van der Waals surface area (Å²) in [6.45, 7) is 2.36. The zero-order valence-corrected chi connectivity index (χ0v) is 12.7. The number of hydrogen-bond donors (Lipinski definition) is 0. The Bertz CT molecular complexity index is 1080. The molecule has 2 aromatic carbocycles. The fraction of sp³-hybridized carbons (Fsp3) is 0.105. The van der Waals surface area contributed by atoms with Crippen molar-refractivity contribution in [2.75, 3.05) is 0 Å². The molecule has 0 amide bonds. The standard InChI is InChI=1S/C19H15N3O/c1-13-18(21-17-9-5-4-8-16(17)20-13)12-22-11-10-14-6-2-3-7-15(14)19(22)23/h2-11H,12H2,1H3. The Kier molecular flexibility index (Phi) is 3.15. The van der Waals surface area contributed by atoms with Crippen LogP contribution in [0.5, 0.6) is 0 Å². The van der Waals surface area contributed by atoms with Crippen molar-refractivity contribution in [1.29, 1.82) is 0 Å². The van der Waals surface area contributed by atoms with Gasteiger partial charge in [-0.05, 0) is 36.6 Å². The molecule has 0 aliphatic carbocycles. The first-order valence-corrected chi connectivity index (χ1v) is 7.53. The fourth-order valence-corrected chi connectivity index (χ4v) is 2.79. The van der Waals surface area contributed by atoms with E-state index in [1.807, 2.05) is 67.7 Å². The Morgan fingerprint density at radius 2 is 1.61 bits per heavy atom. The third-order valence-electron chi connectivity index (χ3n) is 4.05. The van der Waals surface area contributed by atoms with Crippen molar-refractivity contribution < 1.29 is 0 Å². The smallest absolute Gasteiger partial charge is 0.258 e. The maximum atomic E-state index is 12.6. The largest absolute Gasteiger partial charge is 0.309 e. The van der Waals surface area contributed by atoms with Gasteiger partial charge in [-0.25, -0.2) is 9.97 Å². The zero-order valence-electron chi connectivity index (χ0n) is 12.7. The van der Waals surface area contributed by atoms with Crippen molar-refractivity contribution in [2.45, 2.75) is 13.5 Å². The average molecular weight is 301 g/mol. The van der Waals surface area contributed by atoms with E-state index in [-0.39, 0.29) is 5.56 Å². The molecule has 4 heteroatoms. The number of para-hydroxylation sites is 2. The SMILES string of the molecule is Cc1nc2ccccc2nc1Cn1ccc2ccccc2c1=O. The number of pyridine rings is 1. The zero-order chi connectivity index (χ0) is 15.8. The first-order valence-electron chi connectivity index (χ1n) is 7.53. The second-order valence-corrected chi connectivity index (χ2v) is 5.58. The minimum Gasteiger partial charge on any atom is -0.309 e. The van der Waals surface area contributed by atoms with Crippen LogP contribution in [0.25, 0.3) is 21.8 Å². The number of hydrogen-bond acceptors (Lipinski definition) is 3. The summed E-state index contributed by atoms with van der Waals surface area (Å²) in [7, 11) is 0. The van der Waals surface area contributed by atoms with Gasteiger partial charge in [0.25, 0.3) is 5.56 Å². The predicted molar refractivity (Wildman–Crippen MR) is 91.6 cm³/mol. The van der Waals surface area contributed by atoms with E-state index in [9.17, 15) is 4.79 Å². The summed E-state index contributed by atoms with van der Waals surface area (Å²) >= 11 is 0. The molecule has 0 aliphatic rings. The Hall–Kier alpha value is -3.01. The highest BCUT2D eigenvalue weighted by Crippen LogP contribution is 2.14. The highest BCUT2D eigenvalue weighted by Gasteiger charge is 2.08. The first kappa shape index (κ1) is 13.6. The molecule has 2 aromatic heterocycles. The van der Waals surface area contributed by atoms with E-state index < -0.39 is 0 Å². The quantitative estimate of drug-likeness (QED) is 0.571. The van der Waals surface area contributed by atoms with Crippen LogP contribution in [-0.4, -0.2) is 14.5 Å². The van der Waals surface area contributed by atoms with E-state index in [1.54, 1.807) is 4.57 Å². The van der Waals surface area contributed by atoms with E-state index in [2.05, 4.69) is 9.97 Å². The summed E-state index contributed by atoms with van der Waals surface area (Å²) in [4.78, 5) is 21.9. The van der Waals surface area contributed by atoms with Crippen LogP contribution in [0.15, 0.2) is 65.6 Å². The van der Waals surface area contributed by atoms with E-state index >= 15 is 0 Å². The molecular weight excluding hydrogens is 286 g/mol. The third-order valence-corrected chi connectivity index (χ3v) is 4.05. The van der Waals surface area contributed by atoms with Crippen LogP contribution in [0.2, 0.25) is 0 Å². The summed E-state index contributed by atoms with van der Waals surface area (Å²) in [5.74, 6) is 0. The number of rotatable bonds is 2. The lowest BCUT2D eigenvalue weighted by molar-refractivity contribution is 0.739. The van der Waals surface area contributed by atoms with Gasteiger partial charge in [-0.3, -0.25) is 4.79 Å². The summed E-state index contributed by atoms with van der Waals surface area (Å²) < 4.78 is 1.69. The Morgan fingerprint density at radius 3 is 2.43 bits per heavy atom. The number of aromatic nitrogens is 3. The number of benzene rings is 2. The Labute approximate surface area is 133 Å². The number of fused-ring (bicyclic) bond motifs is 2. The second-order valence-electron chi connectivity index (χ2n) is 5.58. The minimum atomic E-state index is -0.00235. The lowest BCUT2D eigenvalue weighted by Gasteiger charge is -2.10. The van der Waals surface area contributed by atoms with E-state index in [0.717, 1.165) is 33.2 Å². The first-order chi connectivity index (χ1) is 11.2. The molecule has 0 N–H and O–H groups in total. The van der Waals surface area contributed by atoms with Gasteiger partial charge in [-0.1, -0.05) is 30.3 Å². The van der Waals surface area contributed by atoms with E-state index in [0.29, 0.717) is 6.54 Å². The van der Waals surface area contributed by atoms with Gasteiger partial charge in [0.2, 0.25) is 0 Å². The lowest BCUT2D eigenvalue weighted by Crippen LogP contribution is -2.21. The molecule has 0 radical (unpaired) electrons. The average Bonchev–Trinajstić information content (AvgIpc) is 2.58. The molecule has 2 heterocycles. The van der Waals surface area contributed by atoms with Crippen LogP contribution < -0.4 is 5.56 Å². The molecule has 23 heavy (non-hydrogen) atoms. The summed E-state index contributed by atoms with van der Waals surface area (Å²) in [6, 6.07) is 17.4. The van der Waals surface area contributed by atoms with Gasteiger partial charge in [0.15, 0.2) is 0 Å². The van der Waals surface area contributed by atoms with Crippen molar-refractivity contribution in [1.82, 2.24) is 14.5 Å². The molecule has 0 bridgehead atoms. The molecule has 0 saturated heterocycles. The van der Waals surface area contributed by atoms with Gasteiger partial charge in [0.05, 0.1) is 29.0 Å². The summed E-state index contributed by atoms with van der Waals surface area (Å²) in [5, 5.41) is 1.68. The van der Waals surface area contributed by atoms with Gasteiger partial charge in [0, 0.05) is 11.6 Å². The molecule has 0 spiro atoms. The highest BCUT2D eigenvalue weighted by molar-refractivity contribution is 5.81. The van der Waals surface area contributed by atoms with Gasteiger partial charge in [-0.15, -0.1) is 0 Å². The molecule has 112 valence electrons. The van der Waals surface area contributed by atoms with Gasteiger partial charge in [-0.2, -0.15) is 0 Å². The van der Waals surface area contributed by atoms with E-state index in [4.69, 9.17) is 0 Å². The van der Waals surface area contributed by atoms with Crippen LogP contribution in [0.4, 0.5) is 0 Å². The molecule has 0 atom stereocenters. The third kappa shape index (κ3) is 2.38. The monoisotopic (exact) mass is 301 g/mol. The number of nitrogens with zero attached hydrogens (tertiary/aromatic N) is 3. The minimum absolute atomic E-state index is 0.00235. The van der Waals surface area contributed by atoms with Crippen molar-refractivity contribution in [3.8, 4) is 0 Å². The summed E-state index contributed by atoms with van der Waals surface area (Å²) in [6.07, 6.45) is 1.82. The maximum Gasteiger partial charge on any atom is 0.258 e. The fourth-order valence-electron chi connectivity index (χ4n) is 2.79. The molecule has 4 rings (SSSR count). The van der Waals surface area contributed by atoms with Crippen LogP contribution in [0.1, 0.15) is 11.4 Å². The molecule has 4 nitrogen and oxygen atoms in total. The Balaban J connectivity index is 1.83. The van der Waals surface area contributed by atoms with Gasteiger partial charge >= 0.3 is 0 Å². The lowest BCUT2D eigenvalue weighted by atomic mass is 10.2. The van der Waals surface area contributed by atoms with E-state index in [1.165, 1.54) is 0 Å². The predicted octanol–water partition coefficient (Wildman–Crippen LogP) is 3.30. The van der Waals surface area contributed by atoms with Crippen LogP contribution in [0.3, 0.4) is 0 Å². The van der Waals surface area contributed by atoms with Crippen molar-refractivity contribution >= 4 is 21.8 Å². The normalized spacial score (nSPS) is 11.2. The van der Waals surface area contributed by atoms with Crippen molar-refractivity contribution in [3.63, 3.8) is 0 Å². The number of aryl methyl sites for hydroxylation is 1. The molecular formula is C19H15N3O. The van der Waals surface area contributed by atoms with Gasteiger partial charge in [0.1, 0.15) is 0 Å². The van der Waals surface area contributed by atoms with Crippen molar-refractivity contribution in [2.24, 2.45) is 0 Å². The molecule has 4 aromatic rings. The topological polar surface area (TPSA) is 47.8 Å². The highest BCUT2D eigenvalue weighted by atomic mass is 16.1. The summed E-state index contributed by atoms with van der Waals surface area (Å²) in [5.41, 5.74) is 3.39. The molecule has 0 unspecified atom stereocenters. The maximum absolute atomic E-state index is 12.6.